The van der Waals surface area contributed by atoms with E-state index in [1.165, 1.54) is 5.69 Å². The summed E-state index contributed by atoms with van der Waals surface area (Å²) in [5.74, 6) is 0.843. The van der Waals surface area contributed by atoms with Crippen LogP contribution in [-0.4, -0.2) is 50.5 Å². The summed E-state index contributed by atoms with van der Waals surface area (Å²) >= 11 is 0. The minimum atomic E-state index is -3.01. The van der Waals surface area contributed by atoms with E-state index in [0.29, 0.717) is 12.2 Å². The molecule has 0 radical (unpaired) electrons. The Kier molecular flexibility index (Phi) is 8.42. The largest absolute Gasteiger partial charge is 0.371 e. The highest BCUT2D eigenvalue weighted by Gasteiger charge is 2.33. The van der Waals surface area contributed by atoms with Crippen molar-refractivity contribution in [2.75, 3.05) is 30.3 Å². The maximum atomic E-state index is 12.9. The van der Waals surface area contributed by atoms with Crippen LogP contribution in [-0.2, 0) is 25.8 Å². The summed E-state index contributed by atoms with van der Waals surface area (Å²) in [6.45, 7) is 10.4. The first-order valence-electron chi connectivity index (χ1n) is 12.4. The SMILES string of the molecule is CCC1(CC)CN(c2ccc(CC(=O)C3CCC(CS(=O)(=O)C(C)C)CC3)cc2)CCO1. The number of ether oxygens (including phenoxy) is 1. The van der Waals surface area contributed by atoms with Gasteiger partial charge in [0, 0.05) is 31.1 Å². The number of hydrogen-bond acceptors (Lipinski definition) is 5. The third kappa shape index (κ3) is 6.13. The number of hydrogen-bond donors (Lipinski definition) is 0. The van der Waals surface area contributed by atoms with Crippen LogP contribution in [0.5, 0.6) is 0 Å². The van der Waals surface area contributed by atoms with E-state index >= 15 is 0 Å². The maximum absolute atomic E-state index is 12.9. The van der Waals surface area contributed by atoms with Crippen molar-refractivity contribution in [3.05, 3.63) is 29.8 Å². The zero-order valence-corrected chi connectivity index (χ0v) is 21.1. The van der Waals surface area contributed by atoms with Gasteiger partial charge in [-0.15, -0.1) is 0 Å². The Morgan fingerprint density at radius 2 is 1.72 bits per heavy atom. The molecule has 0 aromatic heterocycles. The van der Waals surface area contributed by atoms with Crippen LogP contribution >= 0.6 is 0 Å². The van der Waals surface area contributed by atoms with Gasteiger partial charge in [-0.1, -0.05) is 26.0 Å². The Labute approximate surface area is 194 Å². The average Bonchev–Trinajstić information content (AvgIpc) is 2.79. The summed E-state index contributed by atoms with van der Waals surface area (Å²) in [6, 6.07) is 8.45. The van der Waals surface area contributed by atoms with Gasteiger partial charge in [0.05, 0.1) is 23.2 Å². The molecule has 0 unspecified atom stereocenters. The van der Waals surface area contributed by atoms with Crippen LogP contribution in [0.25, 0.3) is 0 Å². The van der Waals surface area contributed by atoms with Gasteiger partial charge in [-0.3, -0.25) is 4.79 Å². The Hall–Kier alpha value is -1.40. The van der Waals surface area contributed by atoms with Crippen LogP contribution in [0.2, 0.25) is 0 Å². The van der Waals surface area contributed by atoms with Gasteiger partial charge in [0.15, 0.2) is 9.84 Å². The van der Waals surface area contributed by atoms with E-state index in [9.17, 15) is 13.2 Å². The number of benzene rings is 1. The summed E-state index contributed by atoms with van der Waals surface area (Å²) in [5.41, 5.74) is 2.21. The summed E-state index contributed by atoms with van der Waals surface area (Å²) in [7, 11) is -3.01. The molecule has 32 heavy (non-hydrogen) atoms. The second-order valence-corrected chi connectivity index (χ2v) is 12.7. The molecule has 0 atom stereocenters. The lowest BCUT2D eigenvalue weighted by atomic mass is 9.79. The van der Waals surface area contributed by atoms with Crippen molar-refractivity contribution in [2.45, 2.75) is 83.5 Å². The molecule has 1 heterocycles. The van der Waals surface area contributed by atoms with Crippen molar-refractivity contribution >= 4 is 21.3 Å². The highest BCUT2D eigenvalue weighted by Crippen LogP contribution is 2.32. The van der Waals surface area contributed by atoms with E-state index < -0.39 is 9.84 Å². The first kappa shape index (κ1) is 25.2. The van der Waals surface area contributed by atoms with Gasteiger partial charge in [-0.05, 0) is 76.0 Å². The van der Waals surface area contributed by atoms with Gasteiger partial charge in [-0.2, -0.15) is 0 Å². The molecule has 0 bridgehead atoms. The van der Waals surface area contributed by atoms with Gasteiger partial charge in [0.1, 0.15) is 5.78 Å². The number of sulfone groups is 1. The number of Topliss-reactive ketones (excluding diaryl/α,β-unsaturated/α-hetero) is 1. The van der Waals surface area contributed by atoms with Gasteiger partial charge in [-0.25, -0.2) is 8.42 Å². The molecule has 1 saturated heterocycles. The minimum absolute atomic E-state index is 0.0553. The summed E-state index contributed by atoms with van der Waals surface area (Å²) in [5, 5.41) is -0.317. The Morgan fingerprint density at radius 3 is 2.28 bits per heavy atom. The molecule has 1 aromatic carbocycles. The van der Waals surface area contributed by atoms with Crippen molar-refractivity contribution in [3.8, 4) is 0 Å². The normalized spacial score (nSPS) is 24.0. The number of ketones is 1. The maximum Gasteiger partial charge on any atom is 0.152 e. The van der Waals surface area contributed by atoms with Crippen molar-refractivity contribution in [2.24, 2.45) is 11.8 Å². The van der Waals surface area contributed by atoms with Crippen molar-refractivity contribution < 1.29 is 17.9 Å². The predicted molar refractivity (Wildman–Crippen MR) is 131 cm³/mol. The molecule has 0 spiro atoms. The standard InChI is InChI=1S/C26H41NO4S/c1-5-26(6-2)19-27(15-16-31-26)24-13-9-21(10-14-24)17-25(28)23-11-7-22(8-12-23)18-32(29,30)20(3)4/h9-10,13-14,20,22-23H,5-8,11-12,15-19H2,1-4H3. The van der Waals surface area contributed by atoms with Crippen LogP contribution in [0, 0.1) is 11.8 Å². The molecule has 180 valence electrons. The molecule has 0 N–H and O–H groups in total. The lowest BCUT2D eigenvalue weighted by Gasteiger charge is -2.43. The quantitative estimate of drug-likeness (QED) is 0.525. The van der Waals surface area contributed by atoms with Crippen molar-refractivity contribution in [3.63, 3.8) is 0 Å². The highest BCUT2D eigenvalue weighted by atomic mass is 32.2. The van der Waals surface area contributed by atoms with E-state index in [2.05, 4.69) is 43.0 Å². The number of carbonyl (C=O) groups excluding carboxylic acids is 1. The monoisotopic (exact) mass is 463 g/mol. The Morgan fingerprint density at radius 1 is 1.09 bits per heavy atom. The van der Waals surface area contributed by atoms with E-state index in [4.69, 9.17) is 4.74 Å². The van der Waals surface area contributed by atoms with Crippen molar-refractivity contribution in [1.29, 1.82) is 0 Å². The number of anilines is 1. The molecule has 1 aliphatic heterocycles. The first-order chi connectivity index (χ1) is 15.2. The van der Waals surface area contributed by atoms with E-state index in [-0.39, 0.29) is 28.4 Å². The molecule has 2 fully saturated rings. The Bertz CT molecular complexity index is 850. The fraction of sp³-hybridized carbons (Fsp3) is 0.731. The second-order valence-electron chi connectivity index (χ2n) is 10.1. The topological polar surface area (TPSA) is 63.7 Å². The van der Waals surface area contributed by atoms with Crippen LogP contribution in [0.4, 0.5) is 5.69 Å². The van der Waals surface area contributed by atoms with Crippen LogP contribution in [0.15, 0.2) is 24.3 Å². The third-order valence-corrected chi connectivity index (χ3v) is 10.1. The lowest BCUT2D eigenvalue weighted by Crippen LogP contribution is -2.51. The fourth-order valence-electron chi connectivity index (χ4n) is 5.09. The van der Waals surface area contributed by atoms with Crippen LogP contribution < -0.4 is 4.90 Å². The van der Waals surface area contributed by atoms with E-state index in [1.54, 1.807) is 13.8 Å². The highest BCUT2D eigenvalue weighted by molar-refractivity contribution is 7.91. The average molecular weight is 464 g/mol. The van der Waals surface area contributed by atoms with Crippen molar-refractivity contribution in [1.82, 2.24) is 0 Å². The van der Waals surface area contributed by atoms with Crippen LogP contribution in [0.1, 0.15) is 71.8 Å². The molecule has 1 aromatic rings. The molecule has 1 aliphatic carbocycles. The molecule has 3 rings (SSSR count). The third-order valence-electron chi connectivity index (χ3n) is 7.71. The molecule has 6 heteroatoms. The zero-order valence-electron chi connectivity index (χ0n) is 20.3. The van der Waals surface area contributed by atoms with Crippen LogP contribution in [0.3, 0.4) is 0 Å². The number of morpholine rings is 1. The molecule has 0 amide bonds. The summed E-state index contributed by atoms with van der Waals surface area (Å²) in [6.07, 6.45) is 5.81. The van der Waals surface area contributed by atoms with Gasteiger partial charge in [0.2, 0.25) is 0 Å². The second kappa shape index (κ2) is 10.7. The van der Waals surface area contributed by atoms with E-state index in [1.807, 2.05) is 0 Å². The minimum Gasteiger partial charge on any atom is -0.371 e. The number of nitrogens with zero attached hydrogens (tertiary/aromatic N) is 1. The predicted octanol–water partition coefficient (Wildman–Crippen LogP) is 4.82. The van der Waals surface area contributed by atoms with E-state index in [0.717, 1.165) is 63.8 Å². The van der Waals surface area contributed by atoms with Gasteiger partial charge < -0.3 is 9.64 Å². The summed E-state index contributed by atoms with van der Waals surface area (Å²) < 4.78 is 30.5. The fourth-order valence-corrected chi connectivity index (χ4v) is 6.46. The van der Waals surface area contributed by atoms with Gasteiger partial charge >= 0.3 is 0 Å². The number of carbonyl (C=O) groups is 1. The molecule has 1 saturated carbocycles. The zero-order chi connectivity index (χ0) is 23.4. The molecule has 2 aliphatic rings. The first-order valence-corrected chi connectivity index (χ1v) is 14.1. The molecular weight excluding hydrogens is 422 g/mol. The number of rotatable bonds is 9. The van der Waals surface area contributed by atoms with Gasteiger partial charge in [0.25, 0.3) is 0 Å². The Balaban J connectivity index is 1.51. The molecular formula is C26H41NO4S. The smallest absolute Gasteiger partial charge is 0.152 e. The summed E-state index contributed by atoms with van der Waals surface area (Å²) in [4.78, 5) is 15.3. The lowest BCUT2D eigenvalue weighted by molar-refractivity contribution is -0.123. The molecule has 5 nitrogen and oxygen atoms in total.